The normalized spacial score (nSPS) is 11.3. The van der Waals surface area contributed by atoms with Crippen LogP contribution in [-0.2, 0) is 10.0 Å². The summed E-state index contributed by atoms with van der Waals surface area (Å²) in [4.78, 5) is 0.0421. The minimum atomic E-state index is -3.83. The molecule has 22 heavy (non-hydrogen) atoms. The molecule has 0 aliphatic carbocycles. The van der Waals surface area contributed by atoms with E-state index in [1.807, 2.05) is 13.0 Å². The molecule has 0 aromatic heterocycles. The van der Waals surface area contributed by atoms with E-state index < -0.39 is 10.0 Å². The first-order valence-electron chi connectivity index (χ1n) is 6.37. The van der Waals surface area contributed by atoms with Gasteiger partial charge in [0.2, 0.25) is 0 Å². The van der Waals surface area contributed by atoms with E-state index in [1.54, 1.807) is 25.1 Å². The Morgan fingerprint density at radius 3 is 2.45 bits per heavy atom. The Balaban J connectivity index is 2.52. The zero-order chi connectivity index (χ0) is 16.5. The molecule has 0 fully saturated rings. The fraction of sp³-hybridized carbons (Fsp3) is 0.200. The number of benzene rings is 2. The van der Waals surface area contributed by atoms with Crippen LogP contribution < -0.4 is 9.46 Å². The zero-order valence-electron chi connectivity index (χ0n) is 12.3. The number of ether oxygens (including phenoxy) is 1. The number of rotatable bonds is 4. The minimum Gasteiger partial charge on any atom is -0.495 e. The Bertz CT molecular complexity index is 799. The Labute approximate surface area is 143 Å². The maximum Gasteiger partial charge on any atom is 0.265 e. The topological polar surface area (TPSA) is 55.4 Å². The Hall–Kier alpha value is -1.24. The van der Waals surface area contributed by atoms with Gasteiger partial charge in [-0.05, 0) is 49.2 Å². The fourth-order valence-corrected chi connectivity index (χ4v) is 4.38. The summed E-state index contributed by atoms with van der Waals surface area (Å²) in [5, 5.41) is 0.357. The molecule has 0 radical (unpaired) electrons. The largest absolute Gasteiger partial charge is 0.495 e. The molecule has 0 atom stereocenters. The predicted octanol–water partition coefficient (Wildman–Crippen LogP) is 4.53. The monoisotopic (exact) mass is 403 g/mol. The van der Waals surface area contributed by atoms with E-state index in [-0.39, 0.29) is 10.6 Å². The van der Waals surface area contributed by atoms with Gasteiger partial charge >= 0.3 is 0 Å². The van der Waals surface area contributed by atoms with Gasteiger partial charge in [0.05, 0.1) is 17.8 Å². The molecule has 2 rings (SSSR count). The van der Waals surface area contributed by atoms with E-state index in [0.717, 1.165) is 11.1 Å². The second-order valence-corrected chi connectivity index (χ2v) is 7.81. The van der Waals surface area contributed by atoms with Gasteiger partial charge < -0.3 is 4.74 Å². The molecule has 0 spiro atoms. The van der Waals surface area contributed by atoms with Crippen molar-refractivity contribution in [2.24, 2.45) is 0 Å². The highest BCUT2D eigenvalue weighted by molar-refractivity contribution is 9.10. The van der Waals surface area contributed by atoms with Crippen LogP contribution >= 0.6 is 27.5 Å². The molecule has 0 aliphatic heterocycles. The lowest BCUT2D eigenvalue weighted by Crippen LogP contribution is -2.15. The lowest BCUT2D eigenvalue weighted by molar-refractivity contribution is 0.403. The summed E-state index contributed by atoms with van der Waals surface area (Å²) >= 11 is 9.43. The van der Waals surface area contributed by atoms with Crippen LogP contribution in [0.3, 0.4) is 0 Å². The summed E-state index contributed by atoms with van der Waals surface area (Å²) in [6.45, 7) is 3.70. The maximum atomic E-state index is 12.7. The molecule has 2 aromatic carbocycles. The number of hydrogen-bond donors (Lipinski definition) is 1. The molecule has 4 nitrogen and oxygen atoms in total. The van der Waals surface area contributed by atoms with Crippen LogP contribution in [0.2, 0.25) is 5.02 Å². The molecule has 1 N–H and O–H groups in total. The lowest BCUT2D eigenvalue weighted by atomic mass is 10.1. The minimum absolute atomic E-state index is 0.0421. The van der Waals surface area contributed by atoms with E-state index in [1.165, 1.54) is 13.2 Å². The summed E-state index contributed by atoms with van der Waals surface area (Å²) in [7, 11) is -2.40. The van der Waals surface area contributed by atoms with Crippen molar-refractivity contribution in [1.82, 2.24) is 0 Å². The second-order valence-electron chi connectivity index (χ2n) is 4.84. The third-order valence-electron chi connectivity index (χ3n) is 3.08. The summed E-state index contributed by atoms with van der Waals surface area (Å²) in [6, 6.07) is 8.36. The number of halogens is 2. The van der Waals surface area contributed by atoms with Crippen molar-refractivity contribution in [3.8, 4) is 5.75 Å². The van der Waals surface area contributed by atoms with Gasteiger partial charge in [-0.1, -0.05) is 33.6 Å². The van der Waals surface area contributed by atoms with Crippen LogP contribution in [0.4, 0.5) is 5.69 Å². The van der Waals surface area contributed by atoms with Crippen LogP contribution in [0.15, 0.2) is 39.7 Å². The molecule has 0 saturated carbocycles. The van der Waals surface area contributed by atoms with E-state index in [4.69, 9.17) is 16.3 Å². The zero-order valence-corrected chi connectivity index (χ0v) is 15.4. The van der Waals surface area contributed by atoms with E-state index >= 15 is 0 Å². The first-order valence-corrected chi connectivity index (χ1v) is 9.03. The maximum absolute atomic E-state index is 12.7. The Morgan fingerprint density at radius 1 is 1.18 bits per heavy atom. The van der Waals surface area contributed by atoms with E-state index in [2.05, 4.69) is 20.7 Å². The molecular weight excluding hydrogens is 390 g/mol. The molecule has 0 bridgehead atoms. The number of aryl methyl sites for hydroxylation is 2. The number of anilines is 1. The average Bonchev–Trinajstić information content (AvgIpc) is 2.43. The standard InChI is InChI=1S/C15H15BrClNO3S/c1-9-6-10(2)15(12(17)7-9)18-22(19,20)14-8-11(16)4-5-13(14)21-3/h4-8,18H,1-3H3. The van der Waals surface area contributed by atoms with E-state index in [0.29, 0.717) is 15.2 Å². The summed E-state index contributed by atoms with van der Waals surface area (Å²) in [6.07, 6.45) is 0. The van der Waals surface area contributed by atoms with Crippen LogP contribution in [0.1, 0.15) is 11.1 Å². The van der Waals surface area contributed by atoms with E-state index in [9.17, 15) is 8.42 Å². The average molecular weight is 405 g/mol. The molecule has 0 aliphatic rings. The number of methoxy groups -OCH3 is 1. The van der Waals surface area contributed by atoms with Crippen molar-refractivity contribution in [3.63, 3.8) is 0 Å². The van der Waals surface area contributed by atoms with Gasteiger partial charge in [-0.2, -0.15) is 0 Å². The molecular formula is C15H15BrClNO3S. The molecule has 0 heterocycles. The summed E-state index contributed by atoms with van der Waals surface area (Å²) in [5.74, 6) is 0.261. The molecule has 2 aromatic rings. The predicted molar refractivity (Wildman–Crippen MR) is 92.4 cm³/mol. The highest BCUT2D eigenvalue weighted by Crippen LogP contribution is 2.33. The third-order valence-corrected chi connectivity index (χ3v) is 5.25. The Morgan fingerprint density at radius 2 is 1.86 bits per heavy atom. The number of nitrogens with one attached hydrogen (secondary N) is 1. The van der Waals surface area contributed by atoms with Crippen molar-refractivity contribution < 1.29 is 13.2 Å². The van der Waals surface area contributed by atoms with Crippen molar-refractivity contribution in [2.75, 3.05) is 11.8 Å². The van der Waals surface area contributed by atoms with Gasteiger partial charge in [0.1, 0.15) is 10.6 Å². The van der Waals surface area contributed by atoms with Crippen molar-refractivity contribution in [3.05, 3.63) is 51.0 Å². The smallest absolute Gasteiger partial charge is 0.265 e. The number of sulfonamides is 1. The molecule has 0 saturated heterocycles. The highest BCUT2D eigenvalue weighted by Gasteiger charge is 2.22. The molecule has 0 unspecified atom stereocenters. The highest BCUT2D eigenvalue weighted by atomic mass is 79.9. The Kier molecular flexibility index (Phi) is 5.04. The summed E-state index contributed by atoms with van der Waals surface area (Å²) < 4.78 is 33.6. The van der Waals surface area contributed by atoms with Crippen LogP contribution in [-0.4, -0.2) is 15.5 Å². The third kappa shape index (κ3) is 3.56. The first kappa shape index (κ1) is 17.1. The quantitative estimate of drug-likeness (QED) is 0.814. The van der Waals surface area contributed by atoms with Gasteiger partial charge in [0, 0.05) is 4.47 Å². The van der Waals surface area contributed by atoms with Crippen LogP contribution in [0, 0.1) is 13.8 Å². The second kappa shape index (κ2) is 6.48. The van der Waals surface area contributed by atoms with Gasteiger partial charge in [-0.25, -0.2) is 8.42 Å². The van der Waals surface area contributed by atoms with Crippen molar-refractivity contribution in [2.45, 2.75) is 18.7 Å². The van der Waals surface area contributed by atoms with Gasteiger partial charge in [-0.15, -0.1) is 0 Å². The van der Waals surface area contributed by atoms with Crippen molar-refractivity contribution >= 4 is 43.2 Å². The fourth-order valence-electron chi connectivity index (χ4n) is 2.09. The number of hydrogen-bond acceptors (Lipinski definition) is 3. The molecule has 118 valence electrons. The van der Waals surface area contributed by atoms with Crippen LogP contribution in [0.5, 0.6) is 5.75 Å². The summed E-state index contributed by atoms with van der Waals surface area (Å²) in [5.41, 5.74) is 2.09. The van der Waals surface area contributed by atoms with Gasteiger partial charge in [0.25, 0.3) is 10.0 Å². The van der Waals surface area contributed by atoms with Gasteiger partial charge in [-0.3, -0.25) is 4.72 Å². The van der Waals surface area contributed by atoms with Crippen LogP contribution in [0.25, 0.3) is 0 Å². The lowest BCUT2D eigenvalue weighted by Gasteiger charge is -2.15. The molecule has 7 heteroatoms. The van der Waals surface area contributed by atoms with Gasteiger partial charge in [0.15, 0.2) is 0 Å². The SMILES string of the molecule is COc1ccc(Br)cc1S(=O)(=O)Nc1c(C)cc(C)cc1Cl. The van der Waals surface area contributed by atoms with Crippen molar-refractivity contribution in [1.29, 1.82) is 0 Å². The first-order chi connectivity index (χ1) is 10.2. The molecule has 0 amide bonds.